The Kier molecular flexibility index (Phi) is 4.39. The Hall–Kier alpha value is -0.770. The average molecular weight is 268 g/mol. The van der Waals surface area contributed by atoms with E-state index in [1.807, 2.05) is 25.7 Å². The first-order chi connectivity index (χ1) is 8.87. The number of ether oxygens (including phenoxy) is 1. The minimum Gasteiger partial charge on any atom is -0.444 e. The highest BCUT2D eigenvalue weighted by Crippen LogP contribution is 2.32. The van der Waals surface area contributed by atoms with Crippen molar-refractivity contribution < 1.29 is 9.53 Å². The van der Waals surface area contributed by atoms with Crippen LogP contribution in [0.25, 0.3) is 0 Å². The second-order valence-electron chi connectivity index (χ2n) is 7.05. The molecule has 0 saturated heterocycles. The Labute approximate surface area is 116 Å². The summed E-state index contributed by atoms with van der Waals surface area (Å²) in [6, 6.07) is 0.901. The molecule has 2 rings (SSSR count). The number of nitrogens with zero attached hydrogens (tertiary/aromatic N) is 1. The third kappa shape index (κ3) is 3.85. The molecule has 0 aromatic rings. The summed E-state index contributed by atoms with van der Waals surface area (Å²) in [5, 5.41) is 0. The first kappa shape index (κ1) is 14.6. The molecule has 110 valence electrons. The number of amides is 1. The van der Waals surface area contributed by atoms with Crippen molar-refractivity contribution >= 4 is 6.09 Å². The van der Waals surface area contributed by atoms with E-state index in [-0.39, 0.29) is 18.2 Å². The molecule has 0 radical (unpaired) electrons. The molecule has 2 aliphatic carbocycles. The van der Waals surface area contributed by atoms with Crippen LogP contribution in [0.4, 0.5) is 4.79 Å². The molecule has 0 aromatic carbocycles. The van der Waals surface area contributed by atoms with Crippen LogP contribution in [0.3, 0.4) is 0 Å². The SMILES string of the molecule is CC(C)(C)OC(=O)N(C1CCC1)C1CCCC(N)C1. The Balaban J connectivity index is 2.04. The minimum atomic E-state index is -0.421. The highest BCUT2D eigenvalue weighted by molar-refractivity contribution is 5.69. The average Bonchev–Trinajstić information content (AvgIpc) is 2.20. The van der Waals surface area contributed by atoms with Gasteiger partial charge in [-0.05, 0) is 65.7 Å². The van der Waals surface area contributed by atoms with E-state index < -0.39 is 5.60 Å². The van der Waals surface area contributed by atoms with Gasteiger partial charge in [0, 0.05) is 18.1 Å². The van der Waals surface area contributed by atoms with Crippen LogP contribution in [-0.4, -0.2) is 34.7 Å². The van der Waals surface area contributed by atoms with Gasteiger partial charge >= 0.3 is 6.09 Å². The molecule has 0 heterocycles. The smallest absolute Gasteiger partial charge is 0.410 e. The maximum absolute atomic E-state index is 12.5. The molecule has 19 heavy (non-hydrogen) atoms. The zero-order valence-electron chi connectivity index (χ0n) is 12.5. The summed E-state index contributed by atoms with van der Waals surface area (Å²) >= 11 is 0. The molecule has 2 atom stereocenters. The first-order valence-electron chi connectivity index (χ1n) is 7.64. The van der Waals surface area contributed by atoms with E-state index in [2.05, 4.69) is 0 Å². The lowest BCUT2D eigenvalue weighted by Crippen LogP contribution is -2.54. The molecule has 0 aromatic heterocycles. The van der Waals surface area contributed by atoms with E-state index in [0.717, 1.165) is 38.5 Å². The van der Waals surface area contributed by atoms with Crippen LogP contribution in [0.15, 0.2) is 0 Å². The van der Waals surface area contributed by atoms with Gasteiger partial charge in [-0.3, -0.25) is 0 Å². The van der Waals surface area contributed by atoms with E-state index in [1.54, 1.807) is 0 Å². The van der Waals surface area contributed by atoms with Crippen LogP contribution in [0.1, 0.15) is 65.7 Å². The fourth-order valence-corrected chi connectivity index (χ4v) is 3.03. The number of carbonyl (C=O) groups excluding carboxylic acids is 1. The van der Waals surface area contributed by atoms with Gasteiger partial charge in [-0.1, -0.05) is 0 Å². The van der Waals surface area contributed by atoms with Crippen LogP contribution in [0, 0.1) is 0 Å². The predicted molar refractivity (Wildman–Crippen MR) is 75.9 cm³/mol. The van der Waals surface area contributed by atoms with Gasteiger partial charge in [-0.25, -0.2) is 4.79 Å². The van der Waals surface area contributed by atoms with Crippen molar-refractivity contribution in [1.29, 1.82) is 0 Å². The Morgan fingerprint density at radius 1 is 1.11 bits per heavy atom. The molecule has 2 saturated carbocycles. The summed E-state index contributed by atoms with van der Waals surface area (Å²) in [7, 11) is 0. The van der Waals surface area contributed by atoms with Crippen molar-refractivity contribution in [3.05, 3.63) is 0 Å². The second kappa shape index (κ2) is 5.70. The second-order valence-corrected chi connectivity index (χ2v) is 7.05. The molecule has 2 aliphatic rings. The molecule has 2 fully saturated rings. The van der Waals surface area contributed by atoms with Gasteiger partial charge in [0.15, 0.2) is 0 Å². The Morgan fingerprint density at radius 2 is 1.68 bits per heavy atom. The van der Waals surface area contributed by atoms with Crippen molar-refractivity contribution in [2.75, 3.05) is 0 Å². The van der Waals surface area contributed by atoms with Gasteiger partial charge in [0.2, 0.25) is 0 Å². The fraction of sp³-hybridized carbons (Fsp3) is 0.933. The van der Waals surface area contributed by atoms with E-state index in [4.69, 9.17) is 10.5 Å². The van der Waals surface area contributed by atoms with Crippen molar-refractivity contribution in [3.63, 3.8) is 0 Å². The summed E-state index contributed by atoms with van der Waals surface area (Å²) < 4.78 is 5.59. The molecule has 2 N–H and O–H groups in total. The normalized spacial score (nSPS) is 28.6. The maximum atomic E-state index is 12.5. The molecule has 4 heteroatoms. The van der Waals surface area contributed by atoms with E-state index in [1.165, 1.54) is 6.42 Å². The van der Waals surface area contributed by atoms with Crippen molar-refractivity contribution in [1.82, 2.24) is 4.90 Å². The molecule has 0 bridgehead atoms. The Morgan fingerprint density at radius 3 is 2.16 bits per heavy atom. The maximum Gasteiger partial charge on any atom is 0.410 e. The van der Waals surface area contributed by atoms with E-state index >= 15 is 0 Å². The van der Waals surface area contributed by atoms with Crippen LogP contribution < -0.4 is 5.73 Å². The highest BCUT2D eigenvalue weighted by Gasteiger charge is 2.38. The van der Waals surface area contributed by atoms with Crippen LogP contribution >= 0.6 is 0 Å². The van der Waals surface area contributed by atoms with Gasteiger partial charge in [-0.2, -0.15) is 0 Å². The quantitative estimate of drug-likeness (QED) is 0.837. The van der Waals surface area contributed by atoms with Crippen molar-refractivity contribution in [3.8, 4) is 0 Å². The summed E-state index contributed by atoms with van der Waals surface area (Å²) in [4.78, 5) is 14.5. The topological polar surface area (TPSA) is 55.6 Å². The number of rotatable bonds is 2. The molecule has 1 amide bonds. The van der Waals surface area contributed by atoms with Gasteiger partial charge in [0.25, 0.3) is 0 Å². The zero-order chi connectivity index (χ0) is 14.0. The molecule has 0 spiro atoms. The van der Waals surface area contributed by atoms with Crippen LogP contribution in [0.5, 0.6) is 0 Å². The van der Waals surface area contributed by atoms with Crippen LogP contribution in [-0.2, 0) is 4.74 Å². The molecular weight excluding hydrogens is 240 g/mol. The van der Waals surface area contributed by atoms with Crippen molar-refractivity contribution in [2.45, 2.75) is 89.4 Å². The number of nitrogens with two attached hydrogens (primary N) is 1. The van der Waals surface area contributed by atoms with Gasteiger partial charge < -0.3 is 15.4 Å². The number of hydrogen-bond acceptors (Lipinski definition) is 3. The third-order valence-electron chi connectivity index (χ3n) is 4.15. The third-order valence-corrected chi connectivity index (χ3v) is 4.15. The van der Waals surface area contributed by atoms with Gasteiger partial charge in [0.05, 0.1) is 0 Å². The van der Waals surface area contributed by atoms with Gasteiger partial charge in [0.1, 0.15) is 5.60 Å². The molecule has 4 nitrogen and oxygen atoms in total. The van der Waals surface area contributed by atoms with E-state index in [9.17, 15) is 4.79 Å². The number of carbonyl (C=O) groups is 1. The molecule has 0 aliphatic heterocycles. The standard InChI is InChI=1S/C15H28N2O2/c1-15(2,3)19-14(18)17(12-7-5-8-12)13-9-4-6-11(16)10-13/h11-13H,4-10,16H2,1-3H3. The molecular formula is C15H28N2O2. The Bertz CT molecular complexity index is 321. The fourth-order valence-electron chi connectivity index (χ4n) is 3.03. The summed E-state index contributed by atoms with van der Waals surface area (Å²) in [5.41, 5.74) is 5.65. The lowest BCUT2D eigenvalue weighted by Gasteiger charge is -2.45. The lowest BCUT2D eigenvalue weighted by molar-refractivity contribution is -0.0123. The summed E-state index contributed by atoms with van der Waals surface area (Å²) in [6.45, 7) is 5.78. The van der Waals surface area contributed by atoms with Crippen LogP contribution in [0.2, 0.25) is 0 Å². The number of hydrogen-bond donors (Lipinski definition) is 1. The summed E-state index contributed by atoms with van der Waals surface area (Å²) in [5.74, 6) is 0. The minimum absolute atomic E-state index is 0.142. The largest absolute Gasteiger partial charge is 0.444 e. The first-order valence-corrected chi connectivity index (χ1v) is 7.64. The van der Waals surface area contributed by atoms with Crippen molar-refractivity contribution in [2.24, 2.45) is 5.73 Å². The lowest BCUT2D eigenvalue weighted by atomic mass is 9.85. The predicted octanol–water partition coefficient (Wildman–Crippen LogP) is 3.05. The molecule has 2 unspecified atom stereocenters. The van der Waals surface area contributed by atoms with E-state index in [0.29, 0.717) is 6.04 Å². The zero-order valence-corrected chi connectivity index (χ0v) is 12.5. The monoisotopic (exact) mass is 268 g/mol. The summed E-state index contributed by atoms with van der Waals surface area (Å²) in [6.07, 6.45) is 7.52. The van der Waals surface area contributed by atoms with Gasteiger partial charge in [-0.15, -0.1) is 0 Å². The highest BCUT2D eigenvalue weighted by atomic mass is 16.6.